The fourth-order valence-electron chi connectivity index (χ4n) is 2.74. The highest BCUT2D eigenvalue weighted by Gasteiger charge is 2.32. The van der Waals surface area contributed by atoms with Crippen molar-refractivity contribution in [3.63, 3.8) is 0 Å². The van der Waals surface area contributed by atoms with E-state index in [0.717, 1.165) is 17.5 Å². The fourth-order valence-corrected chi connectivity index (χ4v) is 2.74. The van der Waals surface area contributed by atoms with E-state index in [2.05, 4.69) is 13.8 Å². The quantitative estimate of drug-likeness (QED) is 0.801. The molecular formula is C16H22FNO. The molecule has 0 saturated carbocycles. The molecule has 0 aromatic heterocycles. The molecule has 1 aliphatic rings. The molecule has 1 amide bonds. The molecule has 3 heteroatoms. The number of benzene rings is 1. The predicted molar refractivity (Wildman–Crippen MR) is 74.1 cm³/mol. The summed E-state index contributed by atoms with van der Waals surface area (Å²) >= 11 is 0. The Morgan fingerprint density at radius 1 is 1.26 bits per heavy atom. The molecule has 0 saturated heterocycles. The second-order valence-corrected chi connectivity index (χ2v) is 6.05. The van der Waals surface area contributed by atoms with E-state index in [-0.39, 0.29) is 23.7 Å². The molecule has 2 nitrogen and oxygen atoms in total. The van der Waals surface area contributed by atoms with Crippen molar-refractivity contribution in [3.8, 4) is 0 Å². The molecule has 2 rings (SSSR count). The van der Waals surface area contributed by atoms with Crippen LogP contribution in [0, 0.1) is 17.7 Å². The SMILES string of the molecule is CC(C)C(=O)N1Cc2ccc(F)cc2CC1C(C)C. The van der Waals surface area contributed by atoms with Crippen LogP contribution in [0.3, 0.4) is 0 Å². The van der Waals surface area contributed by atoms with E-state index in [4.69, 9.17) is 0 Å². The smallest absolute Gasteiger partial charge is 0.225 e. The minimum Gasteiger partial charge on any atom is -0.335 e. The van der Waals surface area contributed by atoms with E-state index in [9.17, 15) is 9.18 Å². The second kappa shape index (κ2) is 5.32. The number of carbonyl (C=O) groups is 1. The molecule has 0 N–H and O–H groups in total. The molecule has 0 aliphatic carbocycles. The lowest BCUT2D eigenvalue weighted by Gasteiger charge is -2.40. The molecule has 0 radical (unpaired) electrons. The average Bonchev–Trinajstić information content (AvgIpc) is 2.35. The van der Waals surface area contributed by atoms with Crippen molar-refractivity contribution in [1.29, 1.82) is 0 Å². The molecule has 0 bridgehead atoms. The molecule has 1 atom stereocenters. The van der Waals surface area contributed by atoms with Crippen LogP contribution < -0.4 is 0 Å². The Labute approximate surface area is 114 Å². The summed E-state index contributed by atoms with van der Waals surface area (Å²) in [5.74, 6) is 0.376. The van der Waals surface area contributed by atoms with E-state index in [1.54, 1.807) is 6.07 Å². The van der Waals surface area contributed by atoms with Crippen molar-refractivity contribution in [1.82, 2.24) is 4.90 Å². The van der Waals surface area contributed by atoms with Gasteiger partial charge < -0.3 is 4.90 Å². The van der Waals surface area contributed by atoms with Gasteiger partial charge in [-0.05, 0) is 35.6 Å². The number of rotatable bonds is 2. The third-order valence-electron chi connectivity index (χ3n) is 3.88. The largest absolute Gasteiger partial charge is 0.335 e. The van der Waals surface area contributed by atoms with Gasteiger partial charge in [0.2, 0.25) is 5.91 Å². The summed E-state index contributed by atoms with van der Waals surface area (Å²) in [4.78, 5) is 14.3. The number of hydrogen-bond acceptors (Lipinski definition) is 1. The van der Waals surface area contributed by atoms with Gasteiger partial charge in [0.1, 0.15) is 5.82 Å². The maximum atomic E-state index is 13.3. The summed E-state index contributed by atoms with van der Waals surface area (Å²) in [6, 6.07) is 5.07. The van der Waals surface area contributed by atoms with Gasteiger partial charge in [0.15, 0.2) is 0 Å². The zero-order chi connectivity index (χ0) is 14.2. The molecule has 1 aliphatic heterocycles. The third-order valence-corrected chi connectivity index (χ3v) is 3.88. The number of amides is 1. The van der Waals surface area contributed by atoms with Crippen molar-refractivity contribution >= 4 is 5.91 Å². The average molecular weight is 263 g/mol. The Morgan fingerprint density at radius 3 is 2.53 bits per heavy atom. The highest BCUT2D eigenvalue weighted by molar-refractivity contribution is 5.78. The maximum Gasteiger partial charge on any atom is 0.225 e. The number of nitrogens with zero attached hydrogens (tertiary/aromatic N) is 1. The molecular weight excluding hydrogens is 241 g/mol. The topological polar surface area (TPSA) is 20.3 Å². The Balaban J connectivity index is 2.34. The monoisotopic (exact) mass is 263 g/mol. The lowest BCUT2D eigenvalue weighted by Crippen LogP contribution is -2.48. The predicted octanol–water partition coefficient (Wildman–Crippen LogP) is 3.39. The van der Waals surface area contributed by atoms with Crippen molar-refractivity contribution in [2.75, 3.05) is 0 Å². The first-order chi connectivity index (χ1) is 8.90. The van der Waals surface area contributed by atoms with E-state index in [0.29, 0.717) is 12.5 Å². The van der Waals surface area contributed by atoms with Crippen molar-refractivity contribution in [2.45, 2.75) is 46.7 Å². The minimum atomic E-state index is -0.190. The summed E-state index contributed by atoms with van der Waals surface area (Å²) < 4.78 is 13.3. The standard InChI is InChI=1S/C16H22FNO/c1-10(2)15-8-13-7-14(17)6-5-12(13)9-18(15)16(19)11(3)4/h5-7,10-11,15H,8-9H2,1-4H3. The van der Waals surface area contributed by atoms with Crippen LogP contribution in [0.2, 0.25) is 0 Å². The van der Waals surface area contributed by atoms with E-state index in [1.165, 1.54) is 6.07 Å². The Morgan fingerprint density at radius 2 is 1.95 bits per heavy atom. The van der Waals surface area contributed by atoms with Crippen LogP contribution >= 0.6 is 0 Å². The summed E-state index contributed by atoms with van der Waals surface area (Å²) in [7, 11) is 0. The van der Waals surface area contributed by atoms with Gasteiger partial charge in [-0.2, -0.15) is 0 Å². The van der Waals surface area contributed by atoms with Gasteiger partial charge in [0, 0.05) is 18.5 Å². The summed E-state index contributed by atoms with van der Waals surface area (Å²) in [5, 5.41) is 0. The van der Waals surface area contributed by atoms with Crippen LogP contribution in [0.4, 0.5) is 4.39 Å². The summed E-state index contributed by atoms with van der Waals surface area (Å²) in [5.41, 5.74) is 2.12. The first kappa shape index (κ1) is 14.0. The van der Waals surface area contributed by atoms with Crippen LogP contribution in [-0.4, -0.2) is 16.8 Å². The molecule has 1 heterocycles. The Hall–Kier alpha value is -1.38. The fraction of sp³-hybridized carbons (Fsp3) is 0.562. The second-order valence-electron chi connectivity index (χ2n) is 6.05. The minimum absolute atomic E-state index is 0.00301. The van der Waals surface area contributed by atoms with E-state index < -0.39 is 0 Å². The van der Waals surface area contributed by atoms with Gasteiger partial charge in [-0.15, -0.1) is 0 Å². The number of carbonyl (C=O) groups excluding carboxylic acids is 1. The van der Waals surface area contributed by atoms with Crippen LogP contribution in [-0.2, 0) is 17.8 Å². The Bertz CT molecular complexity index is 482. The molecule has 19 heavy (non-hydrogen) atoms. The number of fused-ring (bicyclic) bond motifs is 1. The lowest BCUT2D eigenvalue weighted by molar-refractivity contribution is -0.139. The Kier molecular flexibility index (Phi) is 3.93. The lowest BCUT2D eigenvalue weighted by atomic mass is 9.87. The van der Waals surface area contributed by atoms with Crippen LogP contribution in [0.1, 0.15) is 38.8 Å². The van der Waals surface area contributed by atoms with E-state index >= 15 is 0 Å². The number of halogens is 1. The first-order valence-electron chi connectivity index (χ1n) is 6.98. The summed E-state index contributed by atoms with van der Waals surface area (Å²) in [6.45, 7) is 8.71. The normalized spacial score (nSPS) is 18.9. The highest BCUT2D eigenvalue weighted by Crippen LogP contribution is 2.29. The molecule has 1 aromatic carbocycles. The van der Waals surface area contributed by atoms with Gasteiger partial charge in [-0.1, -0.05) is 33.8 Å². The number of hydrogen-bond donors (Lipinski definition) is 0. The molecule has 0 spiro atoms. The maximum absolute atomic E-state index is 13.3. The van der Waals surface area contributed by atoms with E-state index in [1.807, 2.05) is 24.8 Å². The van der Waals surface area contributed by atoms with Crippen molar-refractivity contribution in [2.24, 2.45) is 11.8 Å². The first-order valence-corrected chi connectivity index (χ1v) is 6.98. The highest BCUT2D eigenvalue weighted by atomic mass is 19.1. The van der Waals surface area contributed by atoms with Crippen molar-refractivity contribution < 1.29 is 9.18 Å². The van der Waals surface area contributed by atoms with Crippen LogP contribution in [0.25, 0.3) is 0 Å². The van der Waals surface area contributed by atoms with Crippen LogP contribution in [0.5, 0.6) is 0 Å². The van der Waals surface area contributed by atoms with Crippen molar-refractivity contribution in [3.05, 3.63) is 35.1 Å². The van der Waals surface area contributed by atoms with Gasteiger partial charge >= 0.3 is 0 Å². The molecule has 104 valence electrons. The van der Waals surface area contributed by atoms with Gasteiger partial charge in [0.25, 0.3) is 0 Å². The van der Waals surface area contributed by atoms with Gasteiger partial charge in [0.05, 0.1) is 0 Å². The van der Waals surface area contributed by atoms with Gasteiger partial charge in [-0.3, -0.25) is 4.79 Å². The molecule has 1 aromatic rings. The third kappa shape index (κ3) is 2.80. The van der Waals surface area contributed by atoms with Gasteiger partial charge in [-0.25, -0.2) is 4.39 Å². The summed E-state index contributed by atoms with van der Waals surface area (Å²) in [6.07, 6.45) is 0.753. The molecule has 0 fully saturated rings. The zero-order valence-corrected chi connectivity index (χ0v) is 12.1. The molecule has 1 unspecified atom stereocenters. The zero-order valence-electron chi connectivity index (χ0n) is 12.1. The van der Waals surface area contributed by atoms with Crippen LogP contribution in [0.15, 0.2) is 18.2 Å².